The number of amides is 1. The first-order valence-corrected chi connectivity index (χ1v) is 4.83. The third kappa shape index (κ3) is 2.59. The number of carbonyl (C=O) groups excluding carboxylic acids is 1. The topological polar surface area (TPSA) is 83.6 Å². The number of hydrogen-bond acceptors (Lipinski definition) is 4. The van der Waals surface area contributed by atoms with Gasteiger partial charge >= 0.3 is 5.97 Å². The Morgan fingerprint density at radius 1 is 1.62 bits per heavy atom. The lowest BCUT2D eigenvalue weighted by molar-refractivity contribution is -0.137. The van der Waals surface area contributed by atoms with Crippen molar-refractivity contribution in [3.05, 3.63) is 17.5 Å². The maximum absolute atomic E-state index is 11.9. The van der Waals surface area contributed by atoms with E-state index in [9.17, 15) is 9.59 Å². The summed E-state index contributed by atoms with van der Waals surface area (Å²) in [6.45, 7) is 3.33. The summed E-state index contributed by atoms with van der Waals surface area (Å²) in [5.41, 5.74) is 0.860. The molecule has 16 heavy (non-hydrogen) atoms. The minimum absolute atomic E-state index is 0.0907. The number of aliphatic carboxylic acids is 1. The van der Waals surface area contributed by atoms with Crippen LogP contribution in [0.15, 0.2) is 10.8 Å². The third-order valence-corrected chi connectivity index (χ3v) is 2.43. The molecule has 0 aliphatic heterocycles. The fourth-order valence-electron chi connectivity index (χ4n) is 1.28. The molecule has 0 aliphatic rings. The van der Waals surface area contributed by atoms with Gasteiger partial charge in [0.15, 0.2) is 0 Å². The predicted octanol–water partition coefficient (Wildman–Crippen LogP) is 0.918. The van der Waals surface area contributed by atoms with Crippen molar-refractivity contribution >= 4 is 11.9 Å². The Morgan fingerprint density at radius 2 is 2.25 bits per heavy atom. The number of carboxylic acid groups (broad SMARTS) is 1. The molecule has 0 saturated heterocycles. The van der Waals surface area contributed by atoms with Gasteiger partial charge in [0.2, 0.25) is 0 Å². The zero-order valence-electron chi connectivity index (χ0n) is 9.43. The van der Waals surface area contributed by atoms with Crippen LogP contribution < -0.4 is 0 Å². The van der Waals surface area contributed by atoms with Crippen LogP contribution in [0.2, 0.25) is 0 Å². The van der Waals surface area contributed by atoms with Crippen LogP contribution in [0.1, 0.15) is 29.4 Å². The lowest BCUT2D eigenvalue weighted by Gasteiger charge is -2.23. The van der Waals surface area contributed by atoms with Crippen molar-refractivity contribution in [1.29, 1.82) is 0 Å². The van der Waals surface area contributed by atoms with Crippen molar-refractivity contribution in [3.63, 3.8) is 0 Å². The Kier molecular flexibility index (Phi) is 3.65. The van der Waals surface area contributed by atoms with E-state index in [1.165, 1.54) is 11.2 Å². The van der Waals surface area contributed by atoms with Crippen molar-refractivity contribution in [2.24, 2.45) is 0 Å². The molecule has 0 fully saturated rings. The second-order valence-corrected chi connectivity index (χ2v) is 3.68. The van der Waals surface area contributed by atoms with Crippen LogP contribution in [-0.2, 0) is 4.79 Å². The Balaban J connectivity index is 2.75. The molecule has 1 unspecified atom stereocenters. The molecule has 0 radical (unpaired) electrons. The summed E-state index contributed by atoms with van der Waals surface area (Å²) in [6, 6.07) is -0.376. The molecule has 88 valence electrons. The van der Waals surface area contributed by atoms with Gasteiger partial charge in [0, 0.05) is 13.1 Å². The van der Waals surface area contributed by atoms with E-state index in [4.69, 9.17) is 5.11 Å². The molecule has 1 rings (SSSR count). The highest BCUT2D eigenvalue weighted by molar-refractivity contribution is 5.95. The molecule has 1 heterocycles. The highest BCUT2D eigenvalue weighted by atomic mass is 16.5. The second kappa shape index (κ2) is 4.78. The molecule has 1 N–H and O–H groups in total. The van der Waals surface area contributed by atoms with Crippen molar-refractivity contribution in [1.82, 2.24) is 10.1 Å². The summed E-state index contributed by atoms with van der Waals surface area (Å²) in [5.74, 6) is -1.22. The van der Waals surface area contributed by atoms with Gasteiger partial charge < -0.3 is 14.5 Å². The van der Waals surface area contributed by atoms with Crippen LogP contribution >= 0.6 is 0 Å². The third-order valence-electron chi connectivity index (χ3n) is 2.43. The quantitative estimate of drug-likeness (QED) is 0.825. The maximum atomic E-state index is 11.9. The van der Waals surface area contributed by atoms with Crippen LogP contribution in [0.3, 0.4) is 0 Å². The summed E-state index contributed by atoms with van der Waals surface area (Å²) in [4.78, 5) is 23.8. The summed E-state index contributed by atoms with van der Waals surface area (Å²) in [6.07, 6.45) is 1.17. The summed E-state index contributed by atoms with van der Waals surface area (Å²) in [7, 11) is 1.56. The molecule has 6 nitrogen and oxygen atoms in total. The molecule has 0 saturated carbocycles. The second-order valence-electron chi connectivity index (χ2n) is 3.68. The molecular weight excluding hydrogens is 212 g/mol. The lowest BCUT2D eigenvalue weighted by atomic mass is 10.1. The van der Waals surface area contributed by atoms with Gasteiger partial charge in [-0.3, -0.25) is 9.59 Å². The van der Waals surface area contributed by atoms with Gasteiger partial charge in [-0.05, 0) is 13.8 Å². The van der Waals surface area contributed by atoms with E-state index < -0.39 is 5.97 Å². The van der Waals surface area contributed by atoms with E-state index in [0.29, 0.717) is 11.3 Å². The van der Waals surface area contributed by atoms with Gasteiger partial charge in [0.05, 0.1) is 12.1 Å². The van der Waals surface area contributed by atoms with E-state index in [1.807, 2.05) is 0 Å². The molecule has 1 atom stereocenters. The largest absolute Gasteiger partial charge is 0.481 e. The molecule has 0 spiro atoms. The highest BCUT2D eigenvalue weighted by Crippen LogP contribution is 2.11. The molecule has 6 heteroatoms. The number of aryl methyl sites for hydroxylation is 1. The molecule has 0 aromatic carbocycles. The summed E-state index contributed by atoms with van der Waals surface area (Å²) in [5, 5.41) is 12.2. The first-order chi connectivity index (χ1) is 7.43. The monoisotopic (exact) mass is 226 g/mol. The van der Waals surface area contributed by atoms with Gasteiger partial charge in [-0.25, -0.2) is 0 Å². The van der Waals surface area contributed by atoms with Crippen LogP contribution in [0.4, 0.5) is 0 Å². The fraction of sp³-hybridized carbons (Fsp3) is 0.500. The van der Waals surface area contributed by atoms with Gasteiger partial charge in [-0.2, -0.15) is 0 Å². The zero-order valence-corrected chi connectivity index (χ0v) is 9.43. The van der Waals surface area contributed by atoms with Crippen molar-refractivity contribution in [3.8, 4) is 0 Å². The first kappa shape index (κ1) is 12.2. The number of aromatic nitrogens is 1. The van der Waals surface area contributed by atoms with Crippen LogP contribution in [0, 0.1) is 6.92 Å². The average molecular weight is 226 g/mol. The Labute approximate surface area is 92.8 Å². The average Bonchev–Trinajstić information content (AvgIpc) is 2.61. The first-order valence-electron chi connectivity index (χ1n) is 4.83. The summed E-state index contributed by atoms with van der Waals surface area (Å²) < 4.78 is 4.66. The predicted molar refractivity (Wildman–Crippen MR) is 55.0 cm³/mol. The van der Waals surface area contributed by atoms with Crippen LogP contribution in [-0.4, -0.2) is 40.1 Å². The van der Waals surface area contributed by atoms with E-state index >= 15 is 0 Å². The Bertz CT molecular complexity index is 399. The number of hydrogen-bond donors (Lipinski definition) is 1. The maximum Gasteiger partial charge on any atom is 0.305 e. The number of carbonyl (C=O) groups is 2. The summed E-state index contributed by atoms with van der Waals surface area (Å²) >= 11 is 0. The van der Waals surface area contributed by atoms with Gasteiger partial charge in [0.25, 0.3) is 5.91 Å². The lowest BCUT2D eigenvalue weighted by Crippen LogP contribution is -2.36. The molecular formula is C10H14N2O4. The minimum atomic E-state index is -0.936. The molecule has 0 bridgehead atoms. The fourth-order valence-corrected chi connectivity index (χ4v) is 1.28. The van der Waals surface area contributed by atoms with E-state index in [2.05, 4.69) is 9.68 Å². The standard InChI is InChI=1S/C10H14N2O4/c1-6(4-9(13)14)12(3)10(15)8-5-16-11-7(8)2/h5-6H,4H2,1-3H3,(H,13,14). The van der Waals surface area contributed by atoms with E-state index in [-0.39, 0.29) is 18.4 Å². The van der Waals surface area contributed by atoms with Crippen LogP contribution in [0.5, 0.6) is 0 Å². The molecule has 1 aromatic rings. The number of rotatable bonds is 4. The smallest absolute Gasteiger partial charge is 0.305 e. The van der Waals surface area contributed by atoms with Gasteiger partial charge in [-0.1, -0.05) is 5.16 Å². The van der Waals surface area contributed by atoms with E-state index in [0.717, 1.165) is 0 Å². The van der Waals surface area contributed by atoms with Crippen molar-refractivity contribution in [2.45, 2.75) is 26.3 Å². The zero-order chi connectivity index (χ0) is 12.3. The molecule has 1 amide bonds. The molecule has 0 aliphatic carbocycles. The van der Waals surface area contributed by atoms with Crippen molar-refractivity contribution < 1.29 is 19.2 Å². The number of nitrogens with zero attached hydrogens (tertiary/aromatic N) is 2. The van der Waals surface area contributed by atoms with E-state index in [1.54, 1.807) is 20.9 Å². The highest BCUT2D eigenvalue weighted by Gasteiger charge is 2.22. The van der Waals surface area contributed by atoms with Gasteiger partial charge in [0.1, 0.15) is 11.8 Å². The van der Waals surface area contributed by atoms with Gasteiger partial charge in [-0.15, -0.1) is 0 Å². The SMILES string of the molecule is Cc1nocc1C(=O)N(C)C(C)CC(=O)O. The Morgan fingerprint density at radius 3 is 2.69 bits per heavy atom. The van der Waals surface area contributed by atoms with Crippen molar-refractivity contribution in [2.75, 3.05) is 7.05 Å². The number of carboxylic acids is 1. The van der Waals surface area contributed by atoms with Crippen LogP contribution in [0.25, 0.3) is 0 Å². The molecule has 1 aromatic heterocycles. The minimum Gasteiger partial charge on any atom is -0.481 e. The normalized spacial score (nSPS) is 12.2. The Hall–Kier alpha value is -1.85.